The van der Waals surface area contributed by atoms with Gasteiger partial charge in [0.05, 0.1) is 17.3 Å². The zero-order valence-corrected chi connectivity index (χ0v) is 15.7. The highest BCUT2D eigenvalue weighted by Gasteiger charge is 2.17. The van der Waals surface area contributed by atoms with Gasteiger partial charge in [-0.2, -0.15) is 5.10 Å². The van der Waals surface area contributed by atoms with Crippen LogP contribution in [-0.4, -0.2) is 36.7 Å². The highest BCUT2D eigenvalue weighted by Crippen LogP contribution is 2.19. The van der Waals surface area contributed by atoms with Gasteiger partial charge in [-0.25, -0.2) is 14.5 Å². The molecule has 1 atom stereocenters. The molecule has 3 aromatic rings. The Morgan fingerprint density at radius 1 is 1.18 bits per heavy atom. The lowest BCUT2D eigenvalue weighted by molar-refractivity contribution is 0.0696. The maximum atomic E-state index is 12.7. The molecule has 0 radical (unpaired) electrons. The van der Waals surface area contributed by atoms with Crippen molar-refractivity contribution in [3.8, 4) is 11.3 Å². The SMILES string of the molecule is CCCn1ncnc1[C@@H](C)NC(=O)c1cccc(-c2ccc(C(=O)O)cn2)c1. The molecular formula is C20H21N5O3. The molecule has 0 saturated heterocycles. The largest absolute Gasteiger partial charge is 0.478 e. The highest BCUT2D eigenvalue weighted by molar-refractivity contribution is 5.95. The van der Waals surface area contributed by atoms with Crippen LogP contribution in [0, 0.1) is 0 Å². The van der Waals surface area contributed by atoms with Crippen molar-refractivity contribution in [1.82, 2.24) is 25.1 Å². The Balaban J connectivity index is 1.76. The molecular weight excluding hydrogens is 358 g/mol. The van der Waals surface area contributed by atoms with Crippen molar-refractivity contribution in [3.05, 3.63) is 65.9 Å². The molecule has 2 aromatic heterocycles. The molecule has 2 heterocycles. The molecule has 0 aliphatic rings. The Morgan fingerprint density at radius 3 is 2.68 bits per heavy atom. The second-order valence-corrected chi connectivity index (χ2v) is 6.35. The summed E-state index contributed by atoms with van der Waals surface area (Å²) in [5.74, 6) is -0.558. The van der Waals surface area contributed by atoms with E-state index in [-0.39, 0.29) is 17.5 Å². The fourth-order valence-electron chi connectivity index (χ4n) is 2.85. The first kappa shape index (κ1) is 19.2. The van der Waals surface area contributed by atoms with Crippen LogP contribution in [0.5, 0.6) is 0 Å². The minimum atomic E-state index is -1.03. The predicted molar refractivity (Wildman–Crippen MR) is 103 cm³/mol. The third-order valence-corrected chi connectivity index (χ3v) is 4.25. The molecule has 0 unspecified atom stereocenters. The first-order valence-electron chi connectivity index (χ1n) is 8.98. The lowest BCUT2D eigenvalue weighted by Gasteiger charge is -2.15. The number of hydrogen-bond acceptors (Lipinski definition) is 5. The maximum Gasteiger partial charge on any atom is 0.337 e. The van der Waals surface area contributed by atoms with Gasteiger partial charge in [0.1, 0.15) is 12.2 Å². The maximum absolute atomic E-state index is 12.7. The van der Waals surface area contributed by atoms with Crippen LogP contribution in [-0.2, 0) is 6.54 Å². The number of nitrogens with zero attached hydrogens (tertiary/aromatic N) is 4. The van der Waals surface area contributed by atoms with Gasteiger partial charge < -0.3 is 10.4 Å². The van der Waals surface area contributed by atoms with Gasteiger partial charge in [-0.1, -0.05) is 19.1 Å². The molecule has 0 aliphatic heterocycles. The Labute approximate surface area is 162 Å². The minimum Gasteiger partial charge on any atom is -0.478 e. The average Bonchev–Trinajstić information content (AvgIpc) is 3.17. The van der Waals surface area contributed by atoms with E-state index in [1.54, 1.807) is 28.9 Å². The molecule has 1 amide bonds. The van der Waals surface area contributed by atoms with Gasteiger partial charge in [0.2, 0.25) is 0 Å². The first-order chi connectivity index (χ1) is 13.5. The number of amides is 1. The third-order valence-electron chi connectivity index (χ3n) is 4.25. The third kappa shape index (κ3) is 4.22. The molecule has 8 nitrogen and oxygen atoms in total. The topological polar surface area (TPSA) is 110 Å². The minimum absolute atomic E-state index is 0.114. The molecule has 0 bridgehead atoms. The molecule has 0 aliphatic carbocycles. The Hall–Kier alpha value is -3.55. The number of nitrogens with one attached hydrogen (secondary N) is 1. The predicted octanol–water partition coefficient (Wildman–Crippen LogP) is 2.94. The standard InChI is InChI=1S/C20H21N5O3/c1-3-9-25-18(22-12-23-25)13(2)24-19(26)15-6-4-5-14(10-15)17-8-7-16(11-21-17)20(27)28/h4-8,10-13H,3,9H2,1-2H3,(H,24,26)(H,27,28)/t13-/m1/s1. The van der Waals surface area contributed by atoms with Gasteiger partial charge >= 0.3 is 5.97 Å². The molecule has 144 valence electrons. The Morgan fingerprint density at radius 2 is 2.00 bits per heavy atom. The van der Waals surface area contributed by atoms with Crippen molar-refractivity contribution in [2.45, 2.75) is 32.9 Å². The quantitative estimate of drug-likeness (QED) is 0.653. The summed E-state index contributed by atoms with van der Waals surface area (Å²) in [7, 11) is 0. The van der Waals surface area contributed by atoms with E-state index in [0.717, 1.165) is 18.5 Å². The van der Waals surface area contributed by atoms with Crippen LogP contribution in [0.2, 0.25) is 0 Å². The van der Waals surface area contributed by atoms with E-state index in [1.807, 2.05) is 13.0 Å². The molecule has 0 saturated carbocycles. The molecule has 0 spiro atoms. The number of aromatic nitrogens is 4. The fraction of sp³-hybridized carbons (Fsp3) is 0.250. The number of carbonyl (C=O) groups is 2. The zero-order valence-electron chi connectivity index (χ0n) is 15.7. The first-order valence-corrected chi connectivity index (χ1v) is 8.98. The van der Waals surface area contributed by atoms with Crippen LogP contribution in [0.3, 0.4) is 0 Å². The normalized spacial score (nSPS) is 11.8. The Kier molecular flexibility index (Phi) is 5.78. The van der Waals surface area contributed by atoms with Gasteiger partial charge in [-0.15, -0.1) is 0 Å². The van der Waals surface area contributed by atoms with Crippen molar-refractivity contribution < 1.29 is 14.7 Å². The van der Waals surface area contributed by atoms with Crippen molar-refractivity contribution in [2.75, 3.05) is 0 Å². The number of aromatic carboxylic acids is 1. The molecule has 1 aromatic carbocycles. The summed E-state index contributed by atoms with van der Waals surface area (Å²) in [6.07, 6.45) is 3.71. The summed E-state index contributed by atoms with van der Waals surface area (Å²) in [4.78, 5) is 32.1. The Bertz CT molecular complexity index is 982. The summed E-state index contributed by atoms with van der Waals surface area (Å²) >= 11 is 0. The smallest absolute Gasteiger partial charge is 0.337 e. The van der Waals surface area contributed by atoms with E-state index < -0.39 is 5.97 Å². The van der Waals surface area contributed by atoms with Gasteiger partial charge in [-0.05, 0) is 37.6 Å². The second kappa shape index (κ2) is 8.43. The molecule has 3 rings (SSSR count). The number of benzene rings is 1. The molecule has 2 N–H and O–H groups in total. The lowest BCUT2D eigenvalue weighted by atomic mass is 10.1. The summed E-state index contributed by atoms with van der Waals surface area (Å²) in [6, 6.07) is 9.84. The van der Waals surface area contributed by atoms with E-state index in [4.69, 9.17) is 5.11 Å². The van der Waals surface area contributed by atoms with Crippen molar-refractivity contribution in [2.24, 2.45) is 0 Å². The van der Waals surface area contributed by atoms with Crippen molar-refractivity contribution >= 4 is 11.9 Å². The number of pyridine rings is 1. The monoisotopic (exact) mass is 379 g/mol. The number of carboxylic acids is 1. The van der Waals surface area contributed by atoms with Crippen molar-refractivity contribution in [1.29, 1.82) is 0 Å². The molecule has 8 heteroatoms. The van der Waals surface area contributed by atoms with Gasteiger partial charge in [0, 0.05) is 23.9 Å². The van der Waals surface area contributed by atoms with Crippen LogP contribution in [0.25, 0.3) is 11.3 Å². The van der Waals surface area contributed by atoms with E-state index in [0.29, 0.717) is 17.1 Å². The zero-order chi connectivity index (χ0) is 20.1. The van der Waals surface area contributed by atoms with Crippen LogP contribution in [0.15, 0.2) is 48.9 Å². The molecule has 0 fully saturated rings. The number of rotatable bonds is 7. The van der Waals surface area contributed by atoms with Gasteiger partial charge in [0.25, 0.3) is 5.91 Å². The van der Waals surface area contributed by atoms with Crippen LogP contribution in [0.4, 0.5) is 0 Å². The van der Waals surface area contributed by atoms with Crippen molar-refractivity contribution in [3.63, 3.8) is 0 Å². The summed E-state index contributed by atoms with van der Waals surface area (Å²) in [5, 5.41) is 16.1. The van der Waals surface area contributed by atoms with E-state index in [9.17, 15) is 9.59 Å². The second-order valence-electron chi connectivity index (χ2n) is 6.35. The summed E-state index contributed by atoms with van der Waals surface area (Å²) in [6.45, 7) is 4.66. The number of carboxylic acid groups (broad SMARTS) is 1. The van der Waals surface area contributed by atoms with Gasteiger partial charge in [0.15, 0.2) is 0 Å². The van der Waals surface area contributed by atoms with Crippen LogP contribution < -0.4 is 5.32 Å². The summed E-state index contributed by atoms with van der Waals surface area (Å²) in [5.41, 5.74) is 1.92. The molecule has 28 heavy (non-hydrogen) atoms. The number of hydrogen-bond donors (Lipinski definition) is 2. The van der Waals surface area contributed by atoms with E-state index >= 15 is 0 Å². The fourth-order valence-corrected chi connectivity index (χ4v) is 2.85. The summed E-state index contributed by atoms with van der Waals surface area (Å²) < 4.78 is 1.79. The van der Waals surface area contributed by atoms with E-state index in [1.165, 1.54) is 18.6 Å². The van der Waals surface area contributed by atoms with Gasteiger partial charge in [-0.3, -0.25) is 9.78 Å². The lowest BCUT2D eigenvalue weighted by Crippen LogP contribution is -2.29. The highest BCUT2D eigenvalue weighted by atomic mass is 16.4. The van der Waals surface area contributed by atoms with Crippen LogP contribution in [0.1, 0.15) is 52.9 Å². The van der Waals surface area contributed by atoms with Crippen LogP contribution >= 0.6 is 0 Å². The van der Waals surface area contributed by atoms with E-state index in [2.05, 4.69) is 27.3 Å². The average molecular weight is 379 g/mol. The number of aryl methyl sites for hydroxylation is 1. The number of carbonyl (C=O) groups excluding carboxylic acids is 1.